The maximum Gasteiger partial charge on any atom is 0.430 e. The number of halogens is 3. The van der Waals surface area contributed by atoms with E-state index in [4.69, 9.17) is 9.90 Å². The Morgan fingerprint density at radius 1 is 1.13 bits per heavy atom. The minimum absolute atomic E-state index is 0.220. The molecule has 1 heterocycles. The number of nitrogens with one attached hydrogen (secondary N) is 1. The SMILES string of the molecule is CCCCNc1ccc2c3c(cccc13)C(=O)N(CC[NH3+])C2=O.O=C([O-])C(F)(F)F. The van der Waals surface area contributed by atoms with Gasteiger partial charge < -0.3 is 21.0 Å². The van der Waals surface area contributed by atoms with Gasteiger partial charge in [0.05, 0.1) is 13.1 Å². The summed E-state index contributed by atoms with van der Waals surface area (Å²) in [6.07, 6.45) is -3.00. The van der Waals surface area contributed by atoms with Crippen LogP contribution in [0.15, 0.2) is 30.3 Å². The molecule has 0 atom stereocenters. The molecule has 1 aliphatic heterocycles. The maximum atomic E-state index is 12.6. The van der Waals surface area contributed by atoms with Gasteiger partial charge in [-0.25, -0.2) is 0 Å². The molecule has 2 amide bonds. The van der Waals surface area contributed by atoms with E-state index >= 15 is 0 Å². The maximum absolute atomic E-state index is 12.6. The number of hydrogen-bond acceptors (Lipinski definition) is 5. The van der Waals surface area contributed by atoms with Crippen LogP contribution in [-0.2, 0) is 4.79 Å². The first kappa shape index (κ1) is 23.1. The lowest BCUT2D eigenvalue weighted by atomic mass is 9.93. The lowest BCUT2D eigenvalue weighted by molar-refractivity contribution is -0.367. The zero-order valence-corrected chi connectivity index (χ0v) is 16.3. The molecule has 4 N–H and O–H groups in total. The van der Waals surface area contributed by atoms with Crippen LogP contribution in [0, 0.1) is 0 Å². The van der Waals surface area contributed by atoms with Gasteiger partial charge in [-0.1, -0.05) is 25.5 Å². The second kappa shape index (κ2) is 9.57. The third-order valence-corrected chi connectivity index (χ3v) is 4.45. The highest BCUT2D eigenvalue weighted by Crippen LogP contribution is 2.34. The van der Waals surface area contributed by atoms with Gasteiger partial charge in [0.25, 0.3) is 11.8 Å². The molecule has 0 saturated heterocycles. The average molecular weight is 425 g/mol. The molecule has 3 rings (SSSR count). The number of aliphatic carboxylic acids is 1. The molecule has 30 heavy (non-hydrogen) atoms. The van der Waals surface area contributed by atoms with E-state index in [0.29, 0.717) is 24.2 Å². The summed E-state index contributed by atoms with van der Waals surface area (Å²) in [5.41, 5.74) is 5.93. The molecule has 7 nitrogen and oxygen atoms in total. The average Bonchev–Trinajstić information content (AvgIpc) is 2.69. The van der Waals surface area contributed by atoms with Crippen LogP contribution < -0.4 is 16.2 Å². The van der Waals surface area contributed by atoms with Crippen LogP contribution in [0.2, 0.25) is 0 Å². The Kier molecular flexibility index (Phi) is 7.38. The first-order valence-electron chi connectivity index (χ1n) is 9.36. The number of carboxylic acid groups (broad SMARTS) is 1. The highest BCUT2D eigenvalue weighted by molar-refractivity contribution is 6.26. The standard InChI is InChI=1S/C18H21N3O2.C2HF3O2/c1-2-3-10-20-15-8-7-14-16-12(15)5-4-6-13(16)17(22)21(11-9-19)18(14)23;3-2(4,5)1(6)7/h4-8,20H,2-3,9-11,19H2,1H3;(H,6,7). The Labute approximate surface area is 170 Å². The Morgan fingerprint density at radius 3 is 2.27 bits per heavy atom. The third kappa shape index (κ3) is 4.88. The first-order chi connectivity index (χ1) is 14.1. The van der Waals surface area contributed by atoms with Crippen molar-refractivity contribution in [2.24, 2.45) is 0 Å². The number of carbonyl (C=O) groups excluding carboxylic acids is 3. The van der Waals surface area contributed by atoms with Crippen molar-refractivity contribution in [1.82, 2.24) is 4.90 Å². The number of amides is 2. The lowest BCUT2D eigenvalue weighted by Gasteiger charge is -2.27. The normalized spacial score (nSPS) is 13.2. The molecule has 0 aliphatic carbocycles. The van der Waals surface area contributed by atoms with Gasteiger partial charge in [0.1, 0.15) is 5.97 Å². The number of quaternary nitrogens is 1. The van der Waals surface area contributed by atoms with E-state index in [1.807, 2.05) is 24.3 Å². The van der Waals surface area contributed by atoms with Gasteiger partial charge in [0.15, 0.2) is 0 Å². The van der Waals surface area contributed by atoms with Gasteiger partial charge in [0, 0.05) is 34.1 Å². The topological polar surface area (TPSA) is 117 Å². The van der Waals surface area contributed by atoms with Crippen molar-refractivity contribution in [2.45, 2.75) is 25.9 Å². The van der Waals surface area contributed by atoms with E-state index in [1.165, 1.54) is 4.90 Å². The molecule has 0 bridgehead atoms. The summed E-state index contributed by atoms with van der Waals surface area (Å²) in [5, 5.41) is 13.9. The first-order valence-corrected chi connectivity index (χ1v) is 9.36. The summed E-state index contributed by atoms with van der Waals surface area (Å²) in [4.78, 5) is 35.3. The fourth-order valence-electron chi connectivity index (χ4n) is 3.06. The van der Waals surface area contributed by atoms with Crippen LogP contribution in [0.25, 0.3) is 10.8 Å². The van der Waals surface area contributed by atoms with E-state index < -0.39 is 12.1 Å². The van der Waals surface area contributed by atoms with Gasteiger partial charge in [0.2, 0.25) is 0 Å². The van der Waals surface area contributed by atoms with Gasteiger partial charge in [-0.15, -0.1) is 0 Å². The van der Waals surface area contributed by atoms with Crippen LogP contribution in [0.5, 0.6) is 0 Å². The molecule has 0 unspecified atom stereocenters. The number of unbranched alkanes of at least 4 members (excludes halogenated alkanes) is 1. The summed E-state index contributed by atoms with van der Waals surface area (Å²) >= 11 is 0. The summed E-state index contributed by atoms with van der Waals surface area (Å²) in [6, 6.07) is 9.40. The smallest absolute Gasteiger partial charge is 0.430 e. The van der Waals surface area contributed by atoms with E-state index in [2.05, 4.69) is 18.0 Å². The van der Waals surface area contributed by atoms with Gasteiger partial charge in [-0.3, -0.25) is 14.5 Å². The lowest BCUT2D eigenvalue weighted by Crippen LogP contribution is -2.57. The number of rotatable bonds is 6. The number of hydrogen-bond donors (Lipinski definition) is 2. The van der Waals surface area contributed by atoms with Crippen LogP contribution in [0.3, 0.4) is 0 Å². The number of anilines is 1. The van der Waals surface area contributed by atoms with Crippen molar-refractivity contribution in [3.8, 4) is 0 Å². The Balaban J connectivity index is 0.000000396. The molecular weight excluding hydrogens is 403 g/mol. The fourth-order valence-corrected chi connectivity index (χ4v) is 3.06. The van der Waals surface area contributed by atoms with Crippen LogP contribution in [-0.4, -0.2) is 48.5 Å². The second-order valence-corrected chi connectivity index (χ2v) is 6.57. The van der Waals surface area contributed by atoms with Gasteiger partial charge >= 0.3 is 6.18 Å². The summed E-state index contributed by atoms with van der Waals surface area (Å²) < 4.78 is 31.5. The Morgan fingerprint density at radius 2 is 1.73 bits per heavy atom. The van der Waals surface area contributed by atoms with Crippen LogP contribution in [0.4, 0.5) is 18.9 Å². The van der Waals surface area contributed by atoms with E-state index in [-0.39, 0.29) is 11.8 Å². The molecule has 1 aliphatic rings. The summed E-state index contributed by atoms with van der Waals surface area (Å²) in [7, 11) is 0. The predicted molar refractivity (Wildman–Crippen MR) is 102 cm³/mol. The molecular formula is C20H22F3N3O4. The molecule has 0 fully saturated rings. The van der Waals surface area contributed by atoms with Crippen molar-refractivity contribution < 1.29 is 38.4 Å². The van der Waals surface area contributed by atoms with Crippen molar-refractivity contribution in [1.29, 1.82) is 0 Å². The highest BCUT2D eigenvalue weighted by atomic mass is 19.4. The molecule has 0 spiro atoms. The molecule has 0 saturated carbocycles. The molecule has 2 aromatic rings. The van der Waals surface area contributed by atoms with Crippen LogP contribution >= 0.6 is 0 Å². The van der Waals surface area contributed by atoms with Crippen molar-refractivity contribution in [3.63, 3.8) is 0 Å². The predicted octanol–water partition coefficient (Wildman–Crippen LogP) is 1.19. The number of imide groups is 1. The summed E-state index contributed by atoms with van der Waals surface area (Å²) in [6.45, 7) is 3.89. The van der Waals surface area contributed by atoms with E-state index in [1.54, 1.807) is 6.07 Å². The molecule has 0 radical (unpaired) electrons. The molecule has 2 aromatic carbocycles. The van der Waals surface area contributed by atoms with E-state index in [0.717, 1.165) is 35.8 Å². The minimum Gasteiger partial charge on any atom is -0.542 e. The Hall–Kier alpha value is -3.14. The number of carboxylic acids is 1. The van der Waals surface area contributed by atoms with Crippen molar-refractivity contribution >= 4 is 34.2 Å². The number of benzene rings is 2. The van der Waals surface area contributed by atoms with E-state index in [9.17, 15) is 22.8 Å². The summed E-state index contributed by atoms with van der Waals surface area (Å²) in [5.74, 6) is -3.45. The van der Waals surface area contributed by atoms with Gasteiger partial charge in [-0.05, 0) is 24.6 Å². The number of nitrogens with zero attached hydrogens (tertiary/aromatic N) is 1. The minimum atomic E-state index is -5.19. The molecule has 0 aromatic heterocycles. The van der Waals surface area contributed by atoms with Gasteiger partial charge in [-0.2, -0.15) is 13.2 Å². The zero-order valence-electron chi connectivity index (χ0n) is 16.3. The largest absolute Gasteiger partial charge is 0.542 e. The second-order valence-electron chi connectivity index (χ2n) is 6.57. The highest BCUT2D eigenvalue weighted by Gasteiger charge is 2.33. The monoisotopic (exact) mass is 425 g/mol. The van der Waals surface area contributed by atoms with Crippen molar-refractivity contribution in [2.75, 3.05) is 25.0 Å². The van der Waals surface area contributed by atoms with Crippen molar-refractivity contribution in [3.05, 3.63) is 41.5 Å². The number of alkyl halides is 3. The van der Waals surface area contributed by atoms with Crippen LogP contribution in [0.1, 0.15) is 40.5 Å². The molecule has 162 valence electrons. The fraction of sp³-hybridized carbons (Fsp3) is 0.350. The zero-order chi connectivity index (χ0) is 22.5. The number of carbonyl (C=O) groups is 3. The quantitative estimate of drug-likeness (QED) is 0.533. The third-order valence-electron chi connectivity index (χ3n) is 4.45. The Bertz CT molecular complexity index is 938. The molecule has 10 heteroatoms.